The molecule has 0 aromatic carbocycles. The topological polar surface area (TPSA) is 43.3 Å². The summed E-state index contributed by atoms with van der Waals surface area (Å²) in [7, 11) is 0. The van der Waals surface area contributed by atoms with Crippen LogP contribution in [-0.2, 0) is 0 Å². The smallest absolute Gasteiger partial charge is 0.0799 e. The summed E-state index contributed by atoms with van der Waals surface area (Å²) >= 11 is 0. The fraction of sp³-hybridized carbons (Fsp3) is 0.222. The van der Waals surface area contributed by atoms with Crippen LogP contribution in [0, 0.1) is 0 Å². The first-order valence-corrected chi connectivity index (χ1v) is 3.97. The lowest BCUT2D eigenvalue weighted by molar-refractivity contribution is 0.756. The van der Waals surface area contributed by atoms with Gasteiger partial charge in [0.05, 0.1) is 11.2 Å². The van der Waals surface area contributed by atoms with Gasteiger partial charge in [-0.05, 0) is 25.1 Å². The van der Waals surface area contributed by atoms with E-state index in [1.54, 1.807) is 0 Å². The normalized spacial score (nSPS) is 13.5. The van der Waals surface area contributed by atoms with E-state index in [1.165, 1.54) is 0 Å². The van der Waals surface area contributed by atoms with E-state index < -0.39 is 0 Å². The molecule has 1 atom stereocenters. The SMILES string of the molecule is C[C@@H](N)c1cc2ccccn2n1. The first-order chi connectivity index (χ1) is 5.77. The van der Waals surface area contributed by atoms with Gasteiger partial charge in [0.1, 0.15) is 0 Å². The lowest BCUT2D eigenvalue weighted by Crippen LogP contribution is -2.05. The highest BCUT2D eigenvalue weighted by atomic mass is 15.2. The molecule has 3 nitrogen and oxygen atoms in total. The van der Waals surface area contributed by atoms with E-state index in [0.717, 1.165) is 11.2 Å². The van der Waals surface area contributed by atoms with Crippen LogP contribution in [0.4, 0.5) is 0 Å². The third kappa shape index (κ3) is 1.08. The lowest BCUT2D eigenvalue weighted by atomic mass is 10.2. The summed E-state index contributed by atoms with van der Waals surface area (Å²) in [5.74, 6) is 0. The van der Waals surface area contributed by atoms with E-state index in [1.807, 2.05) is 41.9 Å². The molecule has 2 rings (SSSR count). The van der Waals surface area contributed by atoms with Crippen LogP contribution in [-0.4, -0.2) is 9.61 Å². The van der Waals surface area contributed by atoms with Crippen LogP contribution >= 0.6 is 0 Å². The Balaban J connectivity index is 2.62. The molecule has 2 N–H and O–H groups in total. The minimum absolute atomic E-state index is 0.00454. The molecule has 2 heterocycles. The number of rotatable bonds is 1. The quantitative estimate of drug-likeness (QED) is 0.686. The number of hydrogen-bond acceptors (Lipinski definition) is 2. The van der Waals surface area contributed by atoms with Gasteiger partial charge < -0.3 is 5.73 Å². The molecule has 3 heteroatoms. The summed E-state index contributed by atoms with van der Waals surface area (Å²) in [6.07, 6.45) is 1.92. The number of fused-ring (bicyclic) bond motifs is 1. The maximum absolute atomic E-state index is 5.70. The predicted octanol–water partition coefficient (Wildman–Crippen LogP) is 1.35. The second kappa shape index (κ2) is 2.60. The molecule has 12 heavy (non-hydrogen) atoms. The molecule has 2 aromatic rings. The van der Waals surface area contributed by atoms with Crippen LogP contribution in [0.25, 0.3) is 5.52 Å². The van der Waals surface area contributed by atoms with Gasteiger partial charge in [0.15, 0.2) is 0 Å². The molecule has 0 aliphatic rings. The van der Waals surface area contributed by atoms with Crippen LogP contribution < -0.4 is 5.73 Å². The summed E-state index contributed by atoms with van der Waals surface area (Å²) in [6, 6.07) is 7.96. The van der Waals surface area contributed by atoms with Gasteiger partial charge in [-0.3, -0.25) is 0 Å². The van der Waals surface area contributed by atoms with Crippen molar-refractivity contribution in [3.63, 3.8) is 0 Å². The van der Waals surface area contributed by atoms with Gasteiger partial charge in [0, 0.05) is 12.2 Å². The van der Waals surface area contributed by atoms with Gasteiger partial charge in [-0.2, -0.15) is 5.10 Å². The first-order valence-electron chi connectivity index (χ1n) is 3.97. The number of nitrogens with two attached hydrogens (primary N) is 1. The zero-order valence-electron chi connectivity index (χ0n) is 6.94. The summed E-state index contributed by atoms with van der Waals surface area (Å²) < 4.78 is 1.83. The van der Waals surface area contributed by atoms with Gasteiger partial charge in [0.25, 0.3) is 0 Å². The second-order valence-corrected chi connectivity index (χ2v) is 2.93. The molecule has 0 bridgehead atoms. The molecule has 62 valence electrons. The Labute approximate surface area is 70.8 Å². The lowest BCUT2D eigenvalue weighted by Gasteiger charge is -1.95. The third-order valence-electron chi connectivity index (χ3n) is 1.86. The van der Waals surface area contributed by atoms with Crippen LogP contribution in [0.5, 0.6) is 0 Å². The van der Waals surface area contributed by atoms with Crippen LogP contribution in [0.2, 0.25) is 0 Å². The Morgan fingerprint density at radius 1 is 1.50 bits per heavy atom. The molecule has 2 aromatic heterocycles. The molecule has 0 amide bonds. The van der Waals surface area contributed by atoms with E-state index >= 15 is 0 Å². The van der Waals surface area contributed by atoms with Crippen molar-refractivity contribution in [2.75, 3.05) is 0 Å². The Bertz CT molecular complexity index is 356. The minimum atomic E-state index is 0.00454. The van der Waals surface area contributed by atoms with Crippen LogP contribution in [0.1, 0.15) is 18.7 Å². The summed E-state index contributed by atoms with van der Waals surface area (Å²) in [6.45, 7) is 1.93. The Morgan fingerprint density at radius 2 is 2.33 bits per heavy atom. The van der Waals surface area contributed by atoms with Crippen molar-refractivity contribution >= 4 is 5.52 Å². The van der Waals surface area contributed by atoms with Gasteiger partial charge in [-0.15, -0.1) is 0 Å². The Kier molecular flexibility index (Phi) is 1.59. The van der Waals surface area contributed by atoms with Crippen molar-refractivity contribution in [1.82, 2.24) is 9.61 Å². The Hall–Kier alpha value is -1.35. The van der Waals surface area contributed by atoms with Crippen LogP contribution in [0.15, 0.2) is 30.5 Å². The van der Waals surface area contributed by atoms with Crippen molar-refractivity contribution in [3.8, 4) is 0 Å². The highest BCUT2D eigenvalue weighted by Crippen LogP contribution is 2.10. The number of pyridine rings is 1. The van der Waals surface area contributed by atoms with Crippen molar-refractivity contribution in [2.24, 2.45) is 5.73 Å². The molecule has 0 unspecified atom stereocenters. The van der Waals surface area contributed by atoms with Crippen molar-refractivity contribution in [1.29, 1.82) is 0 Å². The van der Waals surface area contributed by atoms with E-state index in [-0.39, 0.29) is 6.04 Å². The fourth-order valence-electron chi connectivity index (χ4n) is 1.18. The average Bonchev–Trinajstić information content (AvgIpc) is 2.46. The number of aromatic nitrogens is 2. The first kappa shape index (κ1) is 7.31. The second-order valence-electron chi connectivity index (χ2n) is 2.93. The van der Waals surface area contributed by atoms with E-state index in [2.05, 4.69) is 5.10 Å². The minimum Gasteiger partial charge on any atom is -0.323 e. The highest BCUT2D eigenvalue weighted by Gasteiger charge is 2.03. The maximum Gasteiger partial charge on any atom is 0.0799 e. The van der Waals surface area contributed by atoms with Crippen molar-refractivity contribution < 1.29 is 0 Å². The zero-order chi connectivity index (χ0) is 8.55. The average molecular weight is 161 g/mol. The number of hydrogen-bond donors (Lipinski definition) is 1. The molecule has 0 radical (unpaired) electrons. The summed E-state index contributed by atoms with van der Waals surface area (Å²) in [5, 5.41) is 4.30. The van der Waals surface area contributed by atoms with Gasteiger partial charge in [-0.25, -0.2) is 4.52 Å². The zero-order valence-corrected chi connectivity index (χ0v) is 6.94. The molecule has 0 fully saturated rings. The highest BCUT2D eigenvalue weighted by molar-refractivity contribution is 5.47. The molecule has 0 saturated heterocycles. The van der Waals surface area contributed by atoms with Gasteiger partial charge in [-0.1, -0.05) is 6.07 Å². The van der Waals surface area contributed by atoms with Gasteiger partial charge >= 0.3 is 0 Å². The largest absolute Gasteiger partial charge is 0.323 e. The molecular weight excluding hydrogens is 150 g/mol. The van der Waals surface area contributed by atoms with Gasteiger partial charge in [0.2, 0.25) is 0 Å². The molecule has 0 aliphatic heterocycles. The molecule has 0 spiro atoms. The summed E-state index contributed by atoms with van der Waals surface area (Å²) in [4.78, 5) is 0. The summed E-state index contributed by atoms with van der Waals surface area (Å²) in [5.41, 5.74) is 7.72. The van der Waals surface area contributed by atoms with Crippen molar-refractivity contribution in [2.45, 2.75) is 13.0 Å². The number of nitrogens with zero attached hydrogens (tertiary/aromatic N) is 2. The fourth-order valence-corrected chi connectivity index (χ4v) is 1.18. The monoisotopic (exact) mass is 161 g/mol. The molecule has 0 saturated carbocycles. The third-order valence-corrected chi connectivity index (χ3v) is 1.86. The van der Waals surface area contributed by atoms with Crippen molar-refractivity contribution in [3.05, 3.63) is 36.2 Å². The van der Waals surface area contributed by atoms with E-state index in [0.29, 0.717) is 0 Å². The van der Waals surface area contributed by atoms with E-state index in [4.69, 9.17) is 5.73 Å². The Morgan fingerprint density at radius 3 is 3.00 bits per heavy atom. The van der Waals surface area contributed by atoms with Crippen LogP contribution in [0.3, 0.4) is 0 Å². The standard InChI is InChI=1S/C9H11N3/c1-7(10)9-6-8-4-2-3-5-12(8)11-9/h2-7H,10H2,1H3/t7-/m1/s1. The van der Waals surface area contributed by atoms with E-state index in [9.17, 15) is 0 Å². The maximum atomic E-state index is 5.70. The predicted molar refractivity (Wildman–Crippen MR) is 47.8 cm³/mol. The molecule has 0 aliphatic carbocycles. The molecular formula is C9H11N3.